The van der Waals surface area contributed by atoms with E-state index in [0.29, 0.717) is 6.42 Å². The highest BCUT2D eigenvalue weighted by Crippen LogP contribution is 2.25. The molecule has 8 nitrogen and oxygen atoms in total. The molecule has 0 spiro atoms. The molecule has 2 rings (SSSR count). The lowest BCUT2D eigenvalue weighted by Gasteiger charge is -2.38. The lowest BCUT2D eigenvalue weighted by atomic mass is 9.84. The van der Waals surface area contributed by atoms with Gasteiger partial charge in [0.1, 0.15) is 6.04 Å². The number of nitrogens with one attached hydrogen (secondary N) is 2. The van der Waals surface area contributed by atoms with E-state index in [4.69, 9.17) is 0 Å². The second kappa shape index (κ2) is 11.7. The summed E-state index contributed by atoms with van der Waals surface area (Å²) in [5.74, 6) is -1.55. The number of rotatable bonds is 10. The number of benzene rings is 1. The van der Waals surface area contributed by atoms with Crippen LogP contribution in [0.4, 0.5) is 0 Å². The highest BCUT2D eigenvalue weighted by molar-refractivity contribution is 5.92. The molecule has 0 aliphatic rings. The summed E-state index contributed by atoms with van der Waals surface area (Å²) in [5.41, 5.74) is 1.75. The number of hydrogen-bond donors (Lipinski definition) is 3. The molecule has 1 heterocycles. The molecule has 1 unspecified atom stereocenters. The number of amides is 2. The fourth-order valence-corrected chi connectivity index (χ4v) is 4.45. The van der Waals surface area contributed by atoms with Crippen LogP contribution in [-0.4, -0.2) is 64.6 Å². The number of carbonyl (C=O) groups is 3. The molecule has 1 aromatic heterocycles. The number of nitrogens with zero attached hydrogens (tertiary/aromatic N) is 2. The van der Waals surface area contributed by atoms with Gasteiger partial charge in [-0.05, 0) is 43.4 Å². The van der Waals surface area contributed by atoms with Gasteiger partial charge in [0.05, 0.1) is 12.1 Å². The normalized spacial score (nSPS) is 15.0. The summed E-state index contributed by atoms with van der Waals surface area (Å²) < 4.78 is 2.05. The first kappa shape index (κ1) is 29.1. The van der Waals surface area contributed by atoms with Crippen LogP contribution in [0.25, 0.3) is 10.9 Å². The molecule has 0 fully saturated rings. The summed E-state index contributed by atoms with van der Waals surface area (Å²) >= 11 is 0. The molecule has 3 atom stereocenters. The Kier molecular flexibility index (Phi) is 9.49. The number of carbonyl (C=O) groups excluding carboxylic acids is 2. The monoisotopic (exact) mass is 498 g/mol. The predicted molar refractivity (Wildman–Crippen MR) is 144 cm³/mol. The van der Waals surface area contributed by atoms with Gasteiger partial charge in [-0.25, -0.2) is 4.79 Å². The Morgan fingerprint density at radius 1 is 1.17 bits per heavy atom. The zero-order valence-corrected chi connectivity index (χ0v) is 23.0. The zero-order valence-electron chi connectivity index (χ0n) is 23.0. The molecule has 1 aromatic carbocycles. The van der Waals surface area contributed by atoms with Crippen molar-refractivity contribution in [1.82, 2.24) is 20.1 Å². The molecule has 0 saturated carbocycles. The lowest BCUT2D eigenvalue weighted by molar-refractivity contribution is -0.140. The molecule has 198 valence electrons. The highest BCUT2D eigenvalue weighted by atomic mass is 16.4. The number of carboxylic acid groups (broad SMARTS) is 1. The number of fused-ring (bicyclic) bond motifs is 1. The van der Waals surface area contributed by atoms with E-state index in [1.807, 2.05) is 76.7 Å². The third-order valence-electron chi connectivity index (χ3n) is 6.70. The average Bonchev–Trinajstić information content (AvgIpc) is 3.12. The van der Waals surface area contributed by atoms with Crippen LogP contribution in [0.2, 0.25) is 0 Å². The third kappa shape index (κ3) is 6.75. The van der Waals surface area contributed by atoms with Gasteiger partial charge < -0.3 is 25.2 Å². The SMILES string of the molecule is CNC(Cc1cn(C)c2ccccc12)C(=O)N[C@H](C(=O)N(C)[C@H](C=C(C)C(=O)O)C(C)C)C(C)(C)C. The number of hydrogen-bond acceptors (Lipinski definition) is 4. The smallest absolute Gasteiger partial charge is 0.331 e. The van der Waals surface area contributed by atoms with Gasteiger partial charge in [-0.15, -0.1) is 0 Å². The van der Waals surface area contributed by atoms with E-state index < -0.39 is 29.5 Å². The van der Waals surface area contributed by atoms with Crippen LogP contribution in [-0.2, 0) is 27.9 Å². The largest absolute Gasteiger partial charge is 0.478 e. The van der Waals surface area contributed by atoms with E-state index in [1.54, 1.807) is 25.1 Å². The molecule has 2 aromatic rings. The Morgan fingerprint density at radius 2 is 1.78 bits per heavy atom. The number of aryl methyl sites for hydroxylation is 1. The second-order valence-electron chi connectivity index (χ2n) is 11.0. The van der Waals surface area contributed by atoms with Crippen LogP contribution in [0.15, 0.2) is 42.1 Å². The Hall–Kier alpha value is -3.13. The topological polar surface area (TPSA) is 104 Å². The molecular weight excluding hydrogens is 456 g/mol. The Bertz CT molecular complexity index is 1130. The minimum Gasteiger partial charge on any atom is -0.478 e. The summed E-state index contributed by atoms with van der Waals surface area (Å²) in [6.45, 7) is 11.1. The van der Waals surface area contributed by atoms with Crippen LogP contribution < -0.4 is 10.6 Å². The Balaban J connectivity index is 2.30. The van der Waals surface area contributed by atoms with E-state index in [1.165, 1.54) is 6.92 Å². The van der Waals surface area contributed by atoms with E-state index in [0.717, 1.165) is 16.5 Å². The molecule has 0 saturated heterocycles. The maximum absolute atomic E-state index is 13.7. The van der Waals surface area contributed by atoms with Gasteiger partial charge in [0.2, 0.25) is 11.8 Å². The van der Waals surface area contributed by atoms with Gasteiger partial charge in [0, 0.05) is 36.8 Å². The van der Waals surface area contributed by atoms with Crippen LogP contribution in [0, 0.1) is 11.3 Å². The molecule has 0 aliphatic heterocycles. The molecule has 0 aliphatic carbocycles. The van der Waals surface area contributed by atoms with Crippen molar-refractivity contribution in [3.63, 3.8) is 0 Å². The first-order valence-electron chi connectivity index (χ1n) is 12.4. The quantitative estimate of drug-likeness (QED) is 0.436. The van der Waals surface area contributed by atoms with Crippen molar-refractivity contribution in [3.05, 3.63) is 47.7 Å². The summed E-state index contributed by atoms with van der Waals surface area (Å²) in [7, 11) is 5.38. The van der Waals surface area contributed by atoms with Crippen molar-refractivity contribution in [2.45, 2.75) is 66.1 Å². The van der Waals surface area contributed by atoms with Crippen molar-refractivity contribution < 1.29 is 19.5 Å². The number of aromatic nitrogens is 1. The van der Waals surface area contributed by atoms with Crippen molar-refractivity contribution in [1.29, 1.82) is 0 Å². The molecule has 0 radical (unpaired) electrons. The fourth-order valence-electron chi connectivity index (χ4n) is 4.45. The first-order valence-corrected chi connectivity index (χ1v) is 12.4. The molecule has 8 heteroatoms. The van der Waals surface area contributed by atoms with E-state index >= 15 is 0 Å². The Morgan fingerprint density at radius 3 is 2.31 bits per heavy atom. The fraction of sp³-hybridized carbons (Fsp3) is 0.536. The molecular formula is C28H42N4O4. The summed E-state index contributed by atoms with van der Waals surface area (Å²) in [6, 6.07) is 6.31. The van der Waals surface area contributed by atoms with Crippen molar-refractivity contribution in [2.24, 2.45) is 18.4 Å². The number of aliphatic carboxylic acids is 1. The minimum absolute atomic E-state index is 0.0130. The number of para-hydroxylation sites is 1. The van der Waals surface area contributed by atoms with Crippen molar-refractivity contribution >= 4 is 28.7 Å². The van der Waals surface area contributed by atoms with Crippen LogP contribution in [0.1, 0.15) is 47.1 Å². The van der Waals surface area contributed by atoms with Gasteiger partial charge in [0.25, 0.3) is 0 Å². The van der Waals surface area contributed by atoms with Crippen molar-refractivity contribution in [3.8, 4) is 0 Å². The lowest BCUT2D eigenvalue weighted by Crippen LogP contribution is -2.59. The highest BCUT2D eigenvalue weighted by Gasteiger charge is 2.38. The summed E-state index contributed by atoms with van der Waals surface area (Å²) in [5, 5.41) is 16.5. The van der Waals surface area contributed by atoms with Gasteiger partial charge in [-0.2, -0.15) is 0 Å². The minimum atomic E-state index is -1.02. The van der Waals surface area contributed by atoms with Gasteiger partial charge in [-0.3, -0.25) is 9.59 Å². The van der Waals surface area contributed by atoms with E-state index in [9.17, 15) is 19.5 Å². The van der Waals surface area contributed by atoms with E-state index in [-0.39, 0.29) is 23.3 Å². The maximum atomic E-state index is 13.7. The number of likely N-dealkylation sites (N-methyl/N-ethyl adjacent to an activating group) is 2. The van der Waals surface area contributed by atoms with Crippen molar-refractivity contribution in [2.75, 3.05) is 14.1 Å². The molecule has 3 N–H and O–H groups in total. The average molecular weight is 499 g/mol. The first-order chi connectivity index (χ1) is 16.7. The molecule has 36 heavy (non-hydrogen) atoms. The Labute approximate surface area is 214 Å². The molecule has 0 bridgehead atoms. The van der Waals surface area contributed by atoms with Crippen LogP contribution >= 0.6 is 0 Å². The third-order valence-corrected chi connectivity index (χ3v) is 6.70. The van der Waals surface area contributed by atoms with Crippen LogP contribution in [0.5, 0.6) is 0 Å². The predicted octanol–water partition coefficient (Wildman–Crippen LogP) is 3.35. The maximum Gasteiger partial charge on any atom is 0.331 e. The zero-order chi connectivity index (χ0) is 27.4. The van der Waals surface area contributed by atoms with Gasteiger partial charge >= 0.3 is 5.97 Å². The molecule has 2 amide bonds. The van der Waals surface area contributed by atoms with E-state index in [2.05, 4.69) is 10.6 Å². The second-order valence-corrected chi connectivity index (χ2v) is 11.0. The number of carboxylic acids is 1. The van der Waals surface area contributed by atoms with Gasteiger partial charge in [-0.1, -0.05) is 58.9 Å². The standard InChI is InChI=1S/C28H42N4O4/c1-17(2)23(14-18(3)27(35)36)32(9)26(34)24(28(4,5)6)30-25(33)21(29-7)15-19-16-31(8)22-13-11-10-12-20(19)22/h10-14,16-17,21,23-24,29H,15H2,1-9H3,(H,30,33)(H,35,36)/t21?,23-,24-/m1/s1. The van der Waals surface area contributed by atoms with Crippen LogP contribution in [0.3, 0.4) is 0 Å². The van der Waals surface area contributed by atoms with Gasteiger partial charge in [0.15, 0.2) is 0 Å². The summed E-state index contributed by atoms with van der Waals surface area (Å²) in [4.78, 5) is 40.1. The summed E-state index contributed by atoms with van der Waals surface area (Å²) in [6.07, 6.45) is 4.11.